The summed E-state index contributed by atoms with van der Waals surface area (Å²) in [4.78, 5) is 4.46. The SMILES string of the molecule is C[C@H](c1ccc(CCl)cc1)N1CCN(c2ccc(C#N)cc2F)CC1. The van der Waals surface area contributed by atoms with E-state index in [-0.39, 0.29) is 5.82 Å². The Hall–Kier alpha value is -2.09. The molecule has 0 aliphatic carbocycles. The Balaban J connectivity index is 1.64. The number of rotatable bonds is 4. The van der Waals surface area contributed by atoms with Crippen LogP contribution >= 0.6 is 11.6 Å². The lowest BCUT2D eigenvalue weighted by atomic mass is 10.0. The van der Waals surface area contributed by atoms with Crippen molar-refractivity contribution in [3.8, 4) is 6.07 Å². The number of nitrogens with zero attached hydrogens (tertiary/aromatic N) is 3. The summed E-state index contributed by atoms with van der Waals surface area (Å²) in [6.45, 7) is 5.49. The number of hydrogen-bond acceptors (Lipinski definition) is 3. The Morgan fingerprint density at radius 2 is 1.80 bits per heavy atom. The number of piperazine rings is 1. The van der Waals surface area contributed by atoms with Crippen LogP contribution in [-0.2, 0) is 5.88 Å². The second-order valence-electron chi connectivity index (χ2n) is 6.35. The van der Waals surface area contributed by atoms with Gasteiger partial charge in [0.05, 0.1) is 17.3 Å². The molecule has 0 bridgehead atoms. The summed E-state index contributed by atoms with van der Waals surface area (Å²) in [5, 5.41) is 8.86. The van der Waals surface area contributed by atoms with Gasteiger partial charge in [-0.1, -0.05) is 24.3 Å². The monoisotopic (exact) mass is 357 g/mol. The van der Waals surface area contributed by atoms with Crippen LogP contribution in [0, 0.1) is 17.1 Å². The molecule has 1 fully saturated rings. The lowest BCUT2D eigenvalue weighted by Gasteiger charge is -2.39. The lowest BCUT2D eigenvalue weighted by Crippen LogP contribution is -2.47. The van der Waals surface area contributed by atoms with Crippen molar-refractivity contribution >= 4 is 17.3 Å². The Morgan fingerprint density at radius 1 is 1.12 bits per heavy atom. The zero-order valence-corrected chi connectivity index (χ0v) is 15.0. The van der Waals surface area contributed by atoms with E-state index in [0.29, 0.717) is 23.2 Å². The first kappa shape index (κ1) is 17.7. The maximum Gasteiger partial charge on any atom is 0.147 e. The number of hydrogen-bond donors (Lipinski definition) is 0. The molecule has 0 spiro atoms. The highest BCUT2D eigenvalue weighted by molar-refractivity contribution is 6.17. The molecule has 1 aliphatic heterocycles. The van der Waals surface area contributed by atoms with Gasteiger partial charge in [-0.3, -0.25) is 4.90 Å². The zero-order chi connectivity index (χ0) is 17.8. The predicted molar refractivity (Wildman–Crippen MR) is 99.3 cm³/mol. The fraction of sp³-hybridized carbons (Fsp3) is 0.350. The second-order valence-corrected chi connectivity index (χ2v) is 6.62. The smallest absolute Gasteiger partial charge is 0.147 e. The van der Waals surface area contributed by atoms with Gasteiger partial charge in [-0.2, -0.15) is 5.26 Å². The fourth-order valence-electron chi connectivity index (χ4n) is 3.28. The van der Waals surface area contributed by atoms with E-state index in [9.17, 15) is 4.39 Å². The summed E-state index contributed by atoms with van der Waals surface area (Å²) in [7, 11) is 0. The third-order valence-electron chi connectivity index (χ3n) is 4.90. The molecule has 25 heavy (non-hydrogen) atoms. The minimum Gasteiger partial charge on any atom is -0.367 e. The molecule has 3 nitrogen and oxygen atoms in total. The Kier molecular flexibility index (Phi) is 5.57. The first-order valence-electron chi connectivity index (χ1n) is 8.46. The van der Waals surface area contributed by atoms with Gasteiger partial charge in [0, 0.05) is 38.1 Å². The van der Waals surface area contributed by atoms with Crippen LogP contribution in [0.5, 0.6) is 0 Å². The molecule has 2 aromatic rings. The van der Waals surface area contributed by atoms with Crippen molar-refractivity contribution in [1.82, 2.24) is 4.90 Å². The highest BCUT2D eigenvalue weighted by atomic mass is 35.5. The normalized spacial score (nSPS) is 16.5. The topological polar surface area (TPSA) is 30.3 Å². The van der Waals surface area contributed by atoms with E-state index in [2.05, 4.69) is 41.0 Å². The number of halogens is 2. The molecular formula is C20H21ClFN3. The number of benzene rings is 2. The zero-order valence-electron chi connectivity index (χ0n) is 14.3. The van der Waals surface area contributed by atoms with Crippen LogP contribution in [0.25, 0.3) is 0 Å². The summed E-state index contributed by atoms with van der Waals surface area (Å²) < 4.78 is 14.2. The third kappa shape index (κ3) is 3.95. The molecule has 5 heteroatoms. The van der Waals surface area contributed by atoms with Crippen LogP contribution in [0.1, 0.15) is 29.7 Å². The van der Waals surface area contributed by atoms with Gasteiger partial charge in [-0.15, -0.1) is 11.6 Å². The largest absolute Gasteiger partial charge is 0.367 e. The van der Waals surface area contributed by atoms with Gasteiger partial charge in [-0.25, -0.2) is 4.39 Å². The maximum absolute atomic E-state index is 14.2. The van der Waals surface area contributed by atoms with Gasteiger partial charge in [-0.05, 0) is 36.2 Å². The van der Waals surface area contributed by atoms with Crippen molar-refractivity contribution in [2.24, 2.45) is 0 Å². The predicted octanol–water partition coefficient (Wildman–Crippen LogP) is 4.32. The highest BCUT2D eigenvalue weighted by Crippen LogP contribution is 2.26. The molecule has 1 aliphatic rings. The van der Waals surface area contributed by atoms with Gasteiger partial charge >= 0.3 is 0 Å². The molecule has 1 heterocycles. The Morgan fingerprint density at radius 3 is 2.36 bits per heavy atom. The Bertz CT molecular complexity index is 762. The molecule has 0 amide bonds. The Labute approximate surface area is 153 Å². The molecule has 0 N–H and O–H groups in total. The van der Waals surface area contributed by atoms with Crippen molar-refractivity contribution < 1.29 is 4.39 Å². The summed E-state index contributed by atoms with van der Waals surface area (Å²) >= 11 is 5.85. The van der Waals surface area contributed by atoms with Gasteiger partial charge in [0.15, 0.2) is 0 Å². The van der Waals surface area contributed by atoms with Crippen molar-refractivity contribution in [2.45, 2.75) is 18.8 Å². The van der Waals surface area contributed by atoms with Gasteiger partial charge in [0.2, 0.25) is 0 Å². The van der Waals surface area contributed by atoms with Crippen LogP contribution < -0.4 is 4.90 Å². The minimum absolute atomic E-state index is 0.317. The third-order valence-corrected chi connectivity index (χ3v) is 5.20. The molecule has 3 rings (SSSR count). The fourth-order valence-corrected chi connectivity index (χ4v) is 3.46. The van der Waals surface area contributed by atoms with E-state index in [1.807, 2.05) is 6.07 Å². The summed E-state index contributed by atoms with van der Waals surface area (Å²) in [5.74, 6) is 0.209. The van der Waals surface area contributed by atoms with Crippen LogP contribution in [0.15, 0.2) is 42.5 Å². The average Bonchev–Trinajstić information content (AvgIpc) is 2.67. The quantitative estimate of drug-likeness (QED) is 0.763. The van der Waals surface area contributed by atoms with Crippen molar-refractivity contribution in [2.75, 3.05) is 31.1 Å². The first-order chi connectivity index (χ1) is 12.1. The number of anilines is 1. The molecule has 2 aromatic carbocycles. The van der Waals surface area contributed by atoms with Crippen LogP contribution in [0.4, 0.5) is 10.1 Å². The number of nitriles is 1. The molecule has 1 saturated heterocycles. The average molecular weight is 358 g/mol. The molecule has 0 aromatic heterocycles. The minimum atomic E-state index is -0.322. The van der Waals surface area contributed by atoms with Crippen molar-refractivity contribution in [1.29, 1.82) is 5.26 Å². The standard InChI is InChI=1S/C20H21ClFN3/c1-15(18-5-2-16(13-21)3-6-18)24-8-10-25(11-9-24)20-7-4-17(14-23)12-19(20)22/h2-7,12,15H,8-11,13H2,1H3/t15-/m1/s1. The van der Waals surface area contributed by atoms with Crippen LogP contribution in [0.2, 0.25) is 0 Å². The van der Waals surface area contributed by atoms with Gasteiger partial charge < -0.3 is 4.90 Å². The van der Waals surface area contributed by atoms with Crippen LogP contribution in [0.3, 0.4) is 0 Å². The van der Waals surface area contributed by atoms with Gasteiger partial charge in [0.25, 0.3) is 0 Å². The molecule has 1 atom stereocenters. The molecule has 0 unspecified atom stereocenters. The highest BCUT2D eigenvalue weighted by Gasteiger charge is 2.23. The summed E-state index contributed by atoms with van der Waals surface area (Å²) in [5.41, 5.74) is 3.33. The van der Waals surface area contributed by atoms with E-state index < -0.39 is 0 Å². The summed E-state index contributed by atoms with van der Waals surface area (Å²) in [6.07, 6.45) is 0. The van der Waals surface area contributed by atoms with E-state index in [0.717, 1.165) is 31.7 Å². The molecule has 130 valence electrons. The second kappa shape index (κ2) is 7.86. The first-order valence-corrected chi connectivity index (χ1v) is 8.99. The van der Waals surface area contributed by atoms with E-state index >= 15 is 0 Å². The van der Waals surface area contributed by atoms with Crippen molar-refractivity contribution in [3.63, 3.8) is 0 Å². The van der Waals surface area contributed by atoms with Crippen LogP contribution in [-0.4, -0.2) is 31.1 Å². The van der Waals surface area contributed by atoms with E-state index in [1.165, 1.54) is 11.6 Å². The molecule has 0 radical (unpaired) electrons. The van der Waals surface area contributed by atoms with E-state index in [1.54, 1.807) is 12.1 Å². The van der Waals surface area contributed by atoms with E-state index in [4.69, 9.17) is 16.9 Å². The van der Waals surface area contributed by atoms with Crippen molar-refractivity contribution in [3.05, 3.63) is 65.0 Å². The number of alkyl halides is 1. The maximum atomic E-state index is 14.2. The molecule has 0 saturated carbocycles. The summed E-state index contributed by atoms with van der Waals surface area (Å²) in [6, 6.07) is 15.4. The molecular weight excluding hydrogens is 337 g/mol. The lowest BCUT2D eigenvalue weighted by molar-refractivity contribution is 0.198. The van der Waals surface area contributed by atoms with Gasteiger partial charge in [0.1, 0.15) is 5.82 Å².